The molecule has 2 N–H and O–H groups in total. The van der Waals surface area contributed by atoms with Crippen molar-refractivity contribution in [3.8, 4) is 11.1 Å². The van der Waals surface area contributed by atoms with Gasteiger partial charge in [0, 0.05) is 24.4 Å². The largest absolute Gasteiger partial charge is 0.480 e. The molecule has 35 heavy (non-hydrogen) atoms. The Kier molecular flexibility index (Phi) is 7.73. The lowest BCUT2D eigenvalue weighted by atomic mass is 9.98. The van der Waals surface area contributed by atoms with Crippen LogP contribution in [0.4, 0.5) is 4.79 Å². The van der Waals surface area contributed by atoms with E-state index >= 15 is 0 Å². The van der Waals surface area contributed by atoms with Crippen molar-refractivity contribution in [3.63, 3.8) is 0 Å². The molecule has 2 aliphatic carbocycles. The Hall–Kier alpha value is -3.35. The second-order valence-electron chi connectivity index (χ2n) is 9.88. The van der Waals surface area contributed by atoms with E-state index in [2.05, 4.69) is 29.6 Å². The molecule has 0 spiro atoms. The molecule has 0 saturated heterocycles. The van der Waals surface area contributed by atoms with Gasteiger partial charge in [0.2, 0.25) is 5.91 Å². The van der Waals surface area contributed by atoms with Crippen LogP contribution >= 0.6 is 0 Å². The smallest absolute Gasteiger partial charge is 0.407 e. The van der Waals surface area contributed by atoms with Crippen LogP contribution < -0.4 is 5.32 Å². The number of amides is 2. The Labute approximate surface area is 206 Å². The van der Waals surface area contributed by atoms with Gasteiger partial charge in [-0.05, 0) is 41.0 Å². The van der Waals surface area contributed by atoms with Gasteiger partial charge in [0.05, 0.1) is 0 Å². The maximum absolute atomic E-state index is 13.1. The number of hydrogen-bond donors (Lipinski definition) is 2. The summed E-state index contributed by atoms with van der Waals surface area (Å²) in [5.74, 6) is -1.32. The van der Waals surface area contributed by atoms with E-state index in [1.807, 2.05) is 38.1 Å². The number of carboxylic acid groups (broad SMARTS) is 1. The predicted octanol–water partition coefficient (Wildman–Crippen LogP) is 4.80. The van der Waals surface area contributed by atoms with Gasteiger partial charge in [-0.2, -0.15) is 0 Å². The Morgan fingerprint density at radius 2 is 1.57 bits per heavy atom. The number of carbonyl (C=O) groups is 3. The van der Waals surface area contributed by atoms with Gasteiger partial charge in [-0.1, -0.05) is 75.2 Å². The first-order valence-corrected chi connectivity index (χ1v) is 12.5. The second-order valence-corrected chi connectivity index (χ2v) is 9.88. The van der Waals surface area contributed by atoms with Crippen LogP contribution in [0.25, 0.3) is 11.1 Å². The van der Waals surface area contributed by atoms with Crippen LogP contribution in [0.3, 0.4) is 0 Å². The maximum Gasteiger partial charge on any atom is 0.407 e. The number of rotatable bonds is 9. The van der Waals surface area contributed by atoms with E-state index in [9.17, 15) is 19.5 Å². The third-order valence-corrected chi connectivity index (χ3v) is 7.24. The first-order valence-electron chi connectivity index (χ1n) is 12.5. The number of ether oxygens (including phenoxy) is 1. The molecular formula is C28H34N2O5. The number of benzene rings is 2. The van der Waals surface area contributed by atoms with Crippen molar-refractivity contribution in [3.05, 3.63) is 59.7 Å². The normalized spacial score (nSPS) is 16.0. The standard InChI is InChI=1S/C28H34N2O5/c1-18(2)25(15-26(31)30(16-27(32)33)19-9-3-4-10-19)29-28(34)35-17-24-22-13-7-5-11-20(22)21-12-6-8-14-23(21)24/h5-8,11-14,18-19,24-25H,3-4,9-10,15-17H2,1-2H3,(H,29,34)(H,32,33)/t25-/m0/s1. The highest BCUT2D eigenvalue weighted by molar-refractivity contribution is 5.83. The first kappa shape index (κ1) is 24.8. The lowest BCUT2D eigenvalue weighted by molar-refractivity contribution is -0.146. The Morgan fingerprint density at radius 3 is 2.11 bits per heavy atom. The second kappa shape index (κ2) is 10.9. The fourth-order valence-electron chi connectivity index (χ4n) is 5.33. The van der Waals surface area contributed by atoms with Crippen LogP contribution in [0.5, 0.6) is 0 Å². The summed E-state index contributed by atoms with van der Waals surface area (Å²) >= 11 is 0. The zero-order chi connectivity index (χ0) is 24.9. The van der Waals surface area contributed by atoms with E-state index in [1.165, 1.54) is 4.90 Å². The molecule has 2 aromatic carbocycles. The highest BCUT2D eigenvalue weighted by atomic mass is 16.5. The molecule has 0 aromatic heterocycles. The minimum Gasteiger partial charge on any atom is -0.480 e. The summed E-state index contributed by atoms with van der Waals surface area (Å²) in [6.07, 6.45) is 3.13. The van der Waals surface area contributed by atoms with Crippen LogP contribution in [0.1, 0.15) is 63.0 Å². The lowest BCUT2D eigenvalue weighted by Gasteiger charge is -2.30. The minimum atomic E-state index is -1.02. The summed E-state index contributed by atoms with van der Waals surface area (Å²) < 4.78 is 5.66. The number of nitrogens with zero attached hydrogens (tertiary/aromatic N) is 1. The van der Waals surface area contributed by atoms with E-state index in [4.69, 9.17) is 4.74 Å². The molecule has 0 aliphatic heterocycles. The number of carbonyl (C=O) groups excluding carboxylic acids is 2. The Morgan fingerprint density at radius 1 is 1.00 bits per heavy atom. The van der Waals surface area contributed by atoms with Crippen molar-refractivity contribution >= 4 is 18.0 Å². The van der Waals surface area contributed by atoms with Gasteiger partial charge in [-0.15, -0.1) is 0 Å². The average Bonchev–Trinajstić information content (AvgIpc) is 3.47. The highest BCUT2D eigenvalue weighted by Gasteiger charge is 2.32. The number of hydrogen-bond acceptors (Lipinski definition) is 4. The van der Waals surface area contributed by atoms with Crippen molar-refractivity contribution in [2.75, 3.05) is 13.2 Å². The lowest BCUT2D eigenvalue weighted by Crippen LogP contribution is -2.47. The molecule has 2 amide bonds. The van der Waals surface area contributed by atoms with Crippen molar-refractivity contribution in [2.24, 2.45) is 5.92 Å². The van der Waals surface area contributed by atoms with Gasteiger partial charge in [-0.3, -0.25) is 9.59 Å². The van der Waals surface area contributed by atoms with Gasteiger partial charge in [0.1, 0.15) is 13.2 Å². The summed E-state index contributed by atoms with van der Waals surface area (Å²) in [7, 11) is 0. The summed E-state index contributed by atoms with van der Waals surface area (Å²) in [4.78, 5) is 38.7. The molecule has 7 heteroatoms. The fraction of sp³-hybridized carbons (Fsp3) is 0.464. The van der Waals surface area contributed by atoms with Gasteiger partial charge >= 0.3 is 12.1 Å². The van der Waals surface area contributed by atoms with E-state index in [0.717, 1.165) is 47.9 Å². The molecule has 1 atom stereocenters. The van der Waals surface area contributed by atoms with Gasteiger partial charge in [-0.25, -0.2) is 4.79 Å². The fourth-order valence-corrected chi connectivity index (χ4v) is 5.33. The summed E-state index contributed by atoms with van der Waals surface area (Å²) in [6.45, 7) is 3.75. The molecule has 1 saturated carbocycles. The molecule has 186 valence electrons. The van der Waals surface area contributed by atoms with Crippen LogP contribution in [-0.2, 0) is 14.3 Å². The predicted molar refractivity (Wildman–Crippen MR) is 133 cm³/mol. The minimum absolute atomic E-state index is 0.0188. The first-order chi connectivity index (χ1) is 16.8. The number of nitrogens with one attached hydrogen (secondary N) is 1. The van der Waals surface area contributed by atoms with Crippen LogP contribution in [0.2, 0.25) is 0 Å². The van der Waals surface area contributed by atoms with Crippen LogP contribution in [-0.4, -0.2) is 53.2 Å². The molecule has 7 nitrogen and oxygen atoms in total. The highest BCUT2D eigenvalue weighted by Crippen LogP contribution is 2.44. The van der Waals surface area contributed by atoms with Crippen molar-refractivity contribution in [1.29, 1.82) is 0 Å². The van der Waals surface area contributed by atoms with Crippen molar-refractivity contribution < 1.29 is 24.2 Å². The molecule has 1 fully saturated rings. The Balaban J connectivity index is 1.39. The molecular weight excluding hydrogens is 444 g/mol. The van der Waals surface area contributed by atoms with E-state index in [1.54, 1.807) is 0 Å². The average molecular weight is 479 g/mol. The zero-order valence-electron chi connectivity index (χ0n) is 20.4. The monoisotopic (exact) mass is 478 g/mol. The summed E-state index contributed by atoms with van der Waals surface area (Å²) in [5.41, 5.74) is 4.59. The number of fused-ring (bicyclic) bond motifs is 3. The van der Waals surface area contributed by atoms with E-state index in [0.29, 0.717) is 0 Å². The molecule has 0 bridgehead atoms. The van der Waals surface area contributed by atoms with Crippen molar-refractivity contribution in [1.82, 2.24) is 10.2 Å². The zero-order valence-corrected chi connectivity index (χ0v) is 20.4. The molecule has 2 aliphatic rings. The topological polar surface area (TPSA) is 95.9 Å². The van der Waals surface area contributed by atoms with Crippen LogP contribution in [0, 0.1) is 5.92 Å². The SMILES string of the molecule is CC(C)[C@H](CC(=O)N(CC(=O)O)C1CCCC1)NC(=O)OCC1c2ccccc2-c2ccccc21. The molecule has 2 aromatic rings. The molecule has 0 radical (unpaired) electrons. The molecule has 0 heterocycles. The Bertz CT molecular complexity index is 1030. The van der Waals surface area contributed by atoms with E-state index < -0.39 is 18.1 Å². The summed E-state index contributed by atoms with van der Waals surface area (Å²) in [6, 6.07) is 15.8. The molecule has 0 unspecified atom stereocenters. The number of alkyl carbamates (subject to hydrolysis) is 1. The van der Waals surface area contributed by atoms with Gasteiger partial charge in [0.15, 0.2) is 0 Å². The van der Waals surface area contributed by atoms with E-state index in [-0.39, 0.29) is 43.4 Å². The molecule has 4 rings (SSSR count). The maximum atomic E-state index is 13.1. The number of carboxylic acids is 1. The third kappa shape index (κ3) is 5.66. The third-order valence-electron chi connectivity index (χ3n) is 7.24. The van der Waals surface area contributed by atoms with Crippen LogP contribution in [0.15, 0.2) is 48.5 Å². The number of aliphatic carboxylic acids is 1. The quantitative estimate of drug-likeness (QED) is 0.540. The van der Waals surface area contributed by atoms with Crippen molar-refractivity contribution in [2.45, 2.75) is 64.0 Å². The van der Waals surface area contributed by atoms with Gasteiger partial charge < -0.3 is 20.1 Å². The van der Waals surface area contributed by atoms with Gasteiger partial charge in [0.25, 0.3) is 0 Å². The summed E-state index contributed by atoms with van der Waals surface area (Å²) in [5, 5.41) is 12.2.